The number of hydrogen-bond acceptors (Lipinski definition) is 3. The second kappa shape index (κ2) is 6.39. The zero-order valence-corrected chi connectivity index (χ0v) is 15.1. The van der Waals surface area contributed by atoms with Crippen molar-refractivity contribution < 1.29 is 9.59 Å². The molecule has 0 unspecified atom stereocenters. The fourth-order valence-corrected chi connectivity index (χ4v) is 3.96. The van der Waals surface area contributed by atoms with Crippen molar-refractivity contribution in [3.8, 4) is 0 Å². The van der Waals surface area contributed by atoms with Gasteiger partial charge in [-0.3, -0.25) is 9.59 Å². The van der Waals surface area contributed by atoms with Gasteiger partial charge in [0.25, 0.3) is 0 Å². The van der Waals surface area contributed by atoms with Gasteiger partial charge in [-0.2, -0.15) is 0 Å². The topological polar surface area (TPSA) is 66.6 Å². The van der Waals surface area contributed by atoms with E-state index in [0.717, 1.165) is 36.2 Å². The third kappa shape index (κ3) is 2.84. The van der Waals surface area contributed by atoms with Crippen LogP contribution in [0.1, 0.15) is 41.8 Å². The Bertz CT molecular complexity index is 794. The van der Waals surface area contributed by atoms with Crippen molar-refractivity contribution in [1.29, 1.82) is 0 Å². The van der Waals surface area contributed by atoms with Crippen LogP contribution in [0.4, 0.5) is 5.69 Å². The summed E-state index contributed by atoms with van der Waals surface area (Å²) >= 11 is 0. The summed E-state index contributed by atoms with van der Waals surface area (Å²) in [4.78, 5) is 27.7. The van der Waals surface area contributed by atoms with Crippen LogP contribution in [0.25, 0.3) is 5.57 Å². The number of carbonyl (C=O) groups is 2. The number of amides is 2. The maximum Gasteiger partial charge on any atom is 0.249 e. The molecule has 3 rings (SSSR count). The first kappa shape index (κ1) is 17.3. The molecule has 0 spiro atoms. The van der Waals surface area contributed by atoms with Gasteiger partial charge in [0.2, 0.25) is 11.8 Å². The SMILES string of the molecule is C=CC(=O)N1CC[C@H](N(C)c2ccc(C(N)=O)c3c2C(C)=C(C)C3)C1. The van der Waals surface area contributed by atoms with Gasteiger partial charge in [-0.25, -0.2) is 0 Å². The maximum absolute atomic E-state index is 11.9. The van der Waals surface area contributed by atoms with Crippen LogP contribution in [0.3, 0.4) is 0 Å². The molecule has 0 radical (unpaired) electrons. The normalized spacial score (nSPS) is 19.2. The summed E-state index contributed by atoms with van der Waals surface area (Å²) < 4.78 is 0. The van der Waals surface area contributed by atoms with Gasteiger partial charge in [-0.15, -0.1) is 0 Å². The number of allylic oxidation sites excluding steroid dienone is 2. The third-order valence-electron chi connectivity index (χ3n) is 5.59. The predicted molar refractivity (Wildman–Crippen MR) is 101 cm³/mol. The number of hydrogen-bond donors (Lipinski definition) is 1. The summed E-state index contributed by atoms with van der Waals surface area (Å²) in [5, 5.41) is 0. The Morgan fingerprint density at radius 2 is 2.08 bits per heavy atom. The van der Waals surface area contributed by atoms with Crippen LogP contribution in [0.5, 0.6) is 0 Å². The van der Waals surface area contributed by atoms with Gasteiger partial charge in [0, 0.05) is 43.0 Å². The Morgan fingerprint density at radius 3 is 2.72 bits per heavy atom. The number of primary amides is 1. The quantitative estimate of drug-likeness (QED) is 0.857. The first-order valence-electron chi connectivity index (χ1n) is 8.61. The van der Waals surface area contributed by atoms with E-state index in [0.29, 0.717) is 12.1 Å². The minimum atomic E-state index is -0.378. The molecule has 1 aromatic rings. The van der Waals surface area contributed by atoms with E-state index < -0.39 is 0 Å². The monoisotopic (exact) mass is 339 g/mol. The van der Waals surface area contributed by atoms with Crippen LogP contribution >= 0.6 is 0 Å². The summed E-state index contributed by atoms with van der Waals surface area (Å²) in [6.07, 6.45) is 3.06. The summed E-state index contributed by atoms with van der Waals surface area (Å²) in [5.74, 6) is -0.395. The fourth-order valence-electron chi connectivity index (χ4n) is 3.96. The molecule has 5 nitrogen and oxygen atoms in total. The number of likely N-dealkylation sites (N-methyl/N-ethyl adjacent to an activating group) is 1. The molecular weight excluding hydrogens is 314 g/mol. The highest BCUT2D eigenvalue weighted by Gasteiger charge is 2.31. The molecule has 1 aliphatic heterocycles. The highest BCUT2D eigenvalue weighted by molar-refractivity contribution is 5.99. The number of nitrogens with zero attached hydrogens (tertiary/aromatic N) is 2. The van der Waals surface area contributed by atoms with Crippen molar-refractivity contribution in [2.75, 3.05) is 25.0 Å². The van der Waals surface area contributed by atoms with E-state index in [9.17, 15) is 9.59 Å². The lowest BCUT2D eigenvalue weighted by molar-refractivity contribution is -0.125. The molecule has 1 saturated heterocycles. The minimum Gasteiger partial charge on any atom is -0.369 e. The van der Waals surface area contributed by atoms with Crippen LogP contribution in [0, 0.1) is 0 Å². The molecular formula is C20H25N3O2. The van der Waals surface area contributed by atoms with Crippen molar-refractivity contribution in [2.45, 2.75) is 32.7 Å². The molecule has 5 heteroatoms. The van der Waals surface area contributed by atoms with E-state index in [-0.39, 0.29) is 17.9 Å². The number of fused-ring (bicyclic) bond motifs is 1. The Kier molecular flexibility index (Phi) is 4.41. The van der Waals surface area contributed by atoms with Crippen LogP contribution in [-0.2, 0) is 11.2 Å². The lowest BCUT2D eigenvalue weighted by Crippen LogP contribution is -2.36. The van der Waals surface area contributed by atoms with E-state index in [2.05, 4.69) is 32.4 Å². The molecule has 132 valence electrons. The van der Waals surface area contributed by atoms with Crippen LogP contribution < -0.4 is 10.6 Å². The molecule has 1 aromatic carbocycles. The van der Waals surface area contributed by atoms with Gasteiger partial charge in [-0.05, 0) is 56.0 Å². The Morgan fingerprint density at radius 1 is 1.36 bits per heavy atom. The maximum atomic E-state index is 11.9. The van der Waals surface area contributed by atoms with Gasteiger partial charge in [-0.1, -0.05) is 12.2 Å². The van der Waals surface area contributed by atoms with E-state index in [1.54, 1.807) is 0 Å². The number of nitrogens with two attached hydrogens (primary N) is 1. The van der Waals surface area contributed by atoms with Crippen molar-refractivity contribution in [3.63, 3.8) is 0 Å². The van der Waals surface area contributed by atoms with Gasteiger partial charge in [0.05, 0.1) is 0 Å². The number of benzene rings is 1. The molecule has 0 saturated carbocycles. The van der Waals surface area contributed by atoms with E-state index in [4.69, 9.17) is 5.73 Å². The zero-order valence-electron chi connectivity index (χ0n) is 15.1. The molecule has 1 heterocycles. The van der Waals surface area contributed by atoms with Gasteiger partial charge in [0.1, 0.15) is 0 Å². The number of anilines is 1. The highest BCUT2D eigenvalue weighted by atomic mass is 16.2. The zero-order chi connectivity index (χ0) is 18.3. The smallest absolute Gasteiger partial charge is 0.249 e. The Balaban J connectivity index is 1.96. The molecule has 1 fully saturated rings. The van der Waals surface area contributed by atoms with E-state index in [1.165, 1.54) is 17.2 Å². The molecule has 1 atom stereocenters. The first-order chi connectivity index (χ1) is 11.8. The van der Waals surface area contributed by atoms with Crippen molar-refractivity contribution in [1.82, 2.24) is 4.90 Å². The molecule has 25 heavy (non-hydrogen) atoms. The minimum absolute atomic E-state index is 0.0165. The number of carbonyl (C=O) groups excluding carboxylic acids is 2. The molecule has 0 aromatic heterocycles. The Labute approximate surface area is 148 Å². The van der Waals surface area contributed by atoms with Gasteiger partial charge in [0.15, 0.2) is 0 Å². The average molecular weight is 339 g/mol. The molecule has 2 amide bonds. The summed E-state index contributed by atoms with van der Waals surface area (Å²) in [5.41, 5.74) is 11.9. The van der Waals surface area contributed by atoms with E-state index in [1.807, 2.05) is 17.0 Å². The molecule has 1 aliphatic carbocycles. The highest BCUT2D eigenvalue weighted by Crippen LogP contribution is 2.41. The molecule has 2 aliphatic rings. The van der Waals surface area contributed by atoms with Crippen LogP contribution in [0.2, 0.25) is 0 Å². The lowest BCUT2D eigenvalue weighted by atomic mass is 9.97. The Hall–Kier alpha value is -2.56. The summed E-state index contributed by atoms with van der Waals surface area (Å²) in [6, 6.07) is 4.07. The second-order valence-corrected chi connectivity index (χ2v) is 6.97. The number of rotatable bonds is 4. The largest absolute Gasteiger partial charge is 0.369 e. The predicted octanol–water partition coefficient (Wildman–Crippen LogP) is 2.36. The summed E-state index contributed by atoms with van der Waals surface area (Å²) in [6.45, 7) is 9.21. The van der Waals surface area contributed by atoms with Gasteiger partial charge >= 0.3 is 0 Å². The van der Waals surface area contributed by atoms with E-state index >= 15 is 0 Å². The summed E-state index contributed by atoms with van der Waals surface area (Å²) in [7, 11) is 2.06. The van der Waals surface area contributed by atoms with Crippen LogP contribution in [-0.4, -0.2) is 42.9 Å². The lowest BCUT2D eigenvalue weighted by Gasteiger charge is -2.29. The van der Waals surface area contributed by atoms with Crippen molar-refractivity contribution in [3.05, 3.63) is 47.1 Å². The standard InChI is InChI=1S/C20H25N3O2/c1-5-18(24)23-9-8-14(11-23)22(4)17-7-6-15(20(21)25)16-10-12(2)13(3)19(16)17/h5-7,14H,1,8-11H2,2-4H3,(H2,21,25)/t14-/m0/s1. The first-order valence-corrected chi connectivity index (χ1v) is 8.61. The second-order valence-electron chi connectivity index (χ2n) is 6.97. The molecule has 2 N–H and O–H groups in total. The van der Waals surface area contributed by atoms with Crippen LogP contribution in [0.15, 0.2) is 30.4 Å². The fraction of sp³-hybridized carbons (Fsp3) is 0.400. The number of likely N-dealkylation sites (tertiary alicyclic amines) is 1. The van der Waals surface area contributed by atoms with Crippen molar-refractivity contribution >= 4 is 23.1 Å². The van der Waals surface area contributed by atoms with Gasteiger partial charge < -0.3 is 15.5 Å². The third-order valence-corrected chi connectivity index (χ3v) is 5.59. The average Bonchev–Trinajstić information content (AvgIpc) is 3.19. The molecule has 0 bridgehead atoms. The van der Waals surface area contributed by atoms with Crippen molar-refractivity contribution in [2.24, 2.45) is 5.73 Å².